The van der Waals surface area contributed by atoms with Crippen LogP contribution in [0.25, 0.3) is 0 Å². The fraction of sp³-hybridized carbons (Fsp3) is 0.364. The topological polar surface area (TPSA) is 109 Å². The van der Waals surface area contributed by atoms with Crippen molar-refractivity contribution in [3.05, 3.63) is 54.0 Å². The van der Waals surface area contributed by atoms with Gasteiger partial charge in [0, 0.05) is 64.4 Å². The summed E-state index contributed by atoms with van der Waals surface area (Å²) in [7, 11) is 1.85. The monoisotopic (exact) mass is 422 g/mol. The van der Waals surface area contributed by atoms with Crippen LogP contribution in [-0.4, -0.2) is 57.7 Å². The van der Waals surface area contributed by atoms with E-state index in [0.717, 1.165) is 37.9 Å². The van der Waals surface area contributed by atoms with E-state index in [-0.39, 0.29) is 7.53 Å². The van der Waals surface area contributed by atoms with E-state index in [4.69, 9.17) is 15.9 Å². The Labute approximate surface area is 183 Å². The summed E-state index contributed by atoms with van der Waals surface area (Å²) in [5.41, 5.74) is 8.38. The molecule has 9 heteroatoms. The number of aromatic nitrogens is 4. The molecule has 1 aliphatic rings. The normalized spacial score (nSPS) is 14.2. The molecule has 31 heavy (non-hydrogen) atoms. The molecular formula is C22H30N8O. The van der Waals surface area contributed by atoms with E-state index in [2.05, 4.69) is 24.9 Å². The molecule has 0 spiro atoms. The molecule has 1 saturated heterocycles. The SMILES string of the molecule is CC(C)Oc1ccc(N)c(C(=N)c2cc(N3CCN(c4ncccn4)CC3)nn2C)c1.[HH]. The molecular weight excluding hydrogens is 392 g/mol. The summed E-state index contributed by atoms with van der Waals surface area (Å²) in [5.74, 6) is 2.30. The van der Waals surface area contributed by atoms with Gasteiger partial charge in [0.05, 0.1) is 17.5 Å². The molecule has 3 N–H and O–H groups in total. The maximum absolute atomic E-state index is 8.76. The molecule has 1 aliphatic heterocycles. The Kier molecular flexibility index (Phi) is 5.75. The van der Waals surface area contributed by atoms with Crippen molar-refractivity contribution in [2.45, 2.75) is 20.0 Å². The summed E-state index contributed by atoms with van der Waals surface area (Å²) in [6.07, 6.45) is 3.57. The molecule has 3 aromatic rings. The third-order valence-electron chi connectivity index (χ3n) is 5.23. The summed E-state index contributed by atoms with van der Waals surface area (Å²) in [5, 5.41) is 13.4. The van der Waals surface area contributed by atoms with Gasteiger partial charge in [0.15, 0.2) is 5.82 Å². The van der Waals surface area contributed by atoms with E-state index in [1.54, 1.807) is 23.1 Å². The van der Waals surface area contributed by atoms with Crippen molar-refractivity contribution in [3.8, 4) is 5.75 Å². The number of hydrogen-bond acceptors (Lipinski definition) is 8. The lowest BCUT2D eigenvalue weighted by Crippen LogP contribution is -2.47. The first-order chi connectivity index (χ1) is 14.9. The highest BCUT2D eigenvalue weighted by Gasteiger charge is 2.23. The van der Waals surface area contributed by atoms with E-state index in [9.17, 15) is 0 Å². The van der Waals surface area contributed by atoms with Gasteiger partial charge in [-0.05, 0) is 38.1 Å². The van der Waals surface area contributed by atoms with Gasteiger partial charge >= 0.3 is 0 Å². The smallest absolute Gasteiger partial charge is 0.225 e. The molecule has 9 nitrogen and oxygen atoms in total. The van der Waals surface area contributed by atoms with E-state index in [0.29, 0.717) is 28.4 Å². The summed E-state index contributed by atoms with van der Waals surface area (Å²) < 4.78 is 7.51. The van der Waals surface area contributed by atoms with E-state index in [1.807, 2.05) is 45.2 Å². The number of nitrogens with one attached hydrogen (secondary N) is 1. The van der Waals surface area contributed by atoms with E-state index >= 15 is 0 Å². The zero-order valence-electron chi connectivity index (χ0n) is 18.1. The van der Waals surface area contributed by atoms with Crippen molar-refractivity contribution < 1.29 is 6.16 Å². The van der Waals surface area contributed by atoms with Crippen LogP contribution in [-0.2, 0) is 7.05 Å². The third-order valence-corrected chi connectivity index (χ3v) is 5.23. The predicted molar refractivity (Wildman–Crippen MR) is 124 cm³/mol. The second kappa shape index (κ2) is 8.63. The lowest BCUT2D eigenvalue weighted by molar-refractivity contribution is 0.242. The van der Waals surface area contributed by atoms with Crippen LogP contribution in [0.5, 0.6) is 5.75 Å². The average molecular weight is 423 g/mol. The number of anilines is 3. The molecule has 1 fully saturated rings. The zero-order valence-corrected chi connectivity index (χ0v) is 18.1. The number of aryl methyl sites for hydroxylation is 1. The van der Waals surface area contributed by atoms with Gasteiger partial charge in [0.1, 0.15) is 5.75 Å². The number of benzene rings is 1. The standard InChI is InChI=1S/C22H28N8O.H2/c1-15(2)31-16-5-6-18(23)17(13-16)21(24)19-14-20(27-28(19)3)29-9-11-30(12-10-29)22-25-7-4-8-26-22;/h4-8,13-15,24H,9-12,23H2,1-3H3;1H. The fourth-order valence-corrected chi connectivity index (χ4v) is 3.67. The summed E-state index contributed by atoms with van der Waals surface area (Å²) >= 11 is 0. The van der Waals surface area contributed by atoms with Crippen LogP contribution in [0.15, 0.2) is 42.7 Å². The second-order valence-corrected chi connectivity index (χ2v) is 7.82. The number of piperazine rings is 1. The van der Waals surface area contributed by atoms with Crippen LogP contribution in [0.3, 0.4) is 0 Å². The molecule has 0 atom stereocenters. The quantitative estimate of drug-likeness (QED) is 0.464. The zero-order chi connectivity index (χ0) is 22.0. The summed E-state index contributed by atoms with van der Waals surface area (Å²) in [4.78, 5) is 13.1. The first kappa shape index (κ1) is 20.6. The number of nitrogen functional groups attached to an aromatic ring is 1. The first-order valence-corrected chi connectivity index (χ1v) is 10.4. The minimum Gasteiger partial charge on any atom is -0.491 e. The molecule has 0 aliphatic carbocycles. The number of nitrogens with two attached hydrogens (primary N) is 1. The van der Waals surface area contributed by atoms with Gasteiger partial charge in [-0.1, -0.05) is 0 Å². The van der Waals surface area contributed by atoms with Crippen molar-refractivity contribution in [1.82, 2.24) is 19.7 Å². The minimum atomic E-state index is 0. The van der Waals surface area contributed by atoms with Crippen molar-refractivity contribution in [2.24, 2.45) is 7.05 Å². The van der Waals surface area contributed by atoms with Crippen LogP contribution in [0.4, 0.5) is 17.5 Å². The van der Waals surface area contributed by atoms with E-state index in [1.165, 1.54) is 0 Å². The Morgan fingerprint density at radius 1 is 1.10 bits per heavy atom. The highest BCUT2D eigenvalue weighted by Crippen LogP contribution is 2.25. The predicted octanol–water partition coefficient (Wildman–Crippen LogP) is 2.57. The van der Waals surface area contributed by atoms with Gasteiger partial charge in [-0.25, -0.2) is 9.97 Å². The number of ether oxygens (including phenoxy) is 1. The molecule has 3 heterocycles. The highest BCUT2D eigenvalue weighted by molar-refractivity contribution is 6.13. The van der Waals surface area contributed by atoms with Crippen LogP contribution in [0.1, 0.15) is 26.5 Å². The van der Waals surface area contributed by atoms with Gasteiger partial charge in [-0.2, -0.15) is 5.10 Å². The van der Waals surface area contributed by atoms with Crippen molar-refractivity contribution in [3.63, 3.8) is 0 Å². The molecule has 0 unspecified atom stereocenters. The molecule has 1 aromatic carbocycles. The molecule has 4 rings (SSSR count). The number of rotatable bonds is 6. The highest BCUT2D eigenvalue weighted by atomic mass is 16.5. The Morgan fingerprint density at radius 3 is 2.45 bits per heavy atom. The van der Waals surface area contributed by atoms with Crippen LogP contribution >= 0.6 is 0 Å². The van der Waals surface area contributed by atoms with E-state index < -0.39 is 0 Å². The fourth-order valence-electron chi connectivity index (χ4n) is 3.67. The van der Waals surface area contributed by atoms with Gasteiger partial charge in [-0.3, -0.25) is 10.1 Å². The van der Waals surface area contributed by atoms with Crippen molar-refractivity contribution in [2.75, 3.05) is 41.7 Å². The Balaban J connectivity index is 0.00000289. The van der Waals surface area contributed by atoms with Gasteiger partial charge in [-0.15, -0.1) is 0 Å². The maximum atomic E-state index is 8.76. The Bertz CT molecular complexity index is 1060. The molecule has 0 amide bonds. The van der Waals surface area contributed by atoms with Gasteiger partial charge < -0.3 is 20.3 Å². The maximum Gasteiger partial charge on any atom is 0.225 e. The lowest BCUT2D eigenvalue weighted by atomic mass is 10.0. The van der Waals surface area contributed by atoms with Gasteiger partial charge in [0.25, 0.3) is 0 Å². The van der Waals surface area contributed by atoms with Crippen molar-refractivity contribution >= 4 is 23.2 Å². The average Bonchev–Trinajstić information content (AvgIpc) is 3.16. The van der Waals surface area contributed by atoms with Crippen LogP contribution in [0.2, 0.25) is 0 Å². The third kappa shape index (κ3) is 4.45. The molecule has 2 aromatic heterocycles. The van der Waals surface area contributed by atoms with Crippen molar-refractivity contribution in [1.29, 1.82) is 5.41 Å². The van der Waals surface area contributed by atoms with Crippen LogP contribution in [0, 0.1) is 5.41 Å². The molecule has 0 saturated carbocycles. The number of hydrogen-bond donors (Lipinski definition) is 2. The Hall–Kier alpha value is -3.62. The molecule has 0 bridgehead atoms. The summed E-state index contributed by atoms with van der Waals surface area (Å²) in [6, 6.07) is 9.21. The van der Waals surface area contributed by atoms with Crippen LogP contribution < -0.4 is 20.3 Å². The summed E-state index contributed by atoms with van der Waals surface area (Å²) in [6.45, 7) is 7.18. The minimum absolute atomic E-state index is 0. The second-order valence-electron chi connectivity index (χ2n) is 7.82. The lowest BCUT2D eigenvalue weighted by Gasteiger charge is -2.34. The van der Waals surface area contributed by atoms with Gasteiger partial charge in [0.2, 0.25) is 5.95 Å². The molecule has 164 valence electrons. The molecule has 0 radical (unpaired) electrons. The largest absolute Gasteiger partial charge is 0.491 e. The Morgan fingerprint density at radius 2 is 1.77 bits per heavy atom. The first-order valence-electron chi connectivity index (χ1n) is 10.4. The number of nitrogens with zero attached hydrogens (tertiary/aromatic N) is 6.